The molecule has 2 unspecified atom stereocenters. The maximum Gasteiger partial charge on any atom is 0.0221 e. The van der Waals surface area contributed by atoms with Gasteiger partial charge in [0.1, 0.15) is 0 Å². The molecule has 0 bridgehead atoms. The first-order valence-corrected chi connectivity index (χ1v) is 7.35. The largest absolute Gasteiger partial charge is 0.312 e. The molecule has 0 aromatic heterocycles. The minimum atomic E-state index is 0. The molecule has 2 nitrogen and oxygen atoms in total. The molecule has 0 aromatic rings. The van der Waals surface area contributed by atoms with Crippen molar-refractivity contribution in [3.05, 3.63) is 0 Å². The molecule has 0 saturated heterocycles. The summed E-state index contributed by atoms with van der Waals surface area (Å²) in [6.45, 7) is 6.93. The fraction of sp³-hybridized carbons (Fsp3) is 1.00. The highest BCUT2D eigenvalue weighted by atomic mass is 35.5. The lowest BCUT2D eigenvalue weighted by Gasteiger charge is -2.33. The fourth-order valence-electron chi connectivity index (χ4n) is 2.55. The van der Waals surface area contributed by atoms with E-state index in [1.165, 1.54) is 64.5 Å². The lowest BCUT2D eigenvalue weighted by Crippen LogP contribution is -2.50. The van der Waals surface area contributed by atoms with Gasteiger partial charge in [0.05, 0.1) is 0 Å². The molecule has 1 aliphatic carbocycles. The van der Waals surface area contributed by atoms with Crippen molar-refractivity contribution in [3.63, 3.8) is 0 Å². The number of hydrogen-bond donors (Lipinski definition) is 2. The van der Waals surface area contributed by atoms with Crippen LogP contribution in [-0.4, -0.2) is 25.2 Å². The van der Waals surface area contributed by atoms with E-state index in [2.05, 4.69) is 24.5 Å². The predicted octanol–water partition coefficient (Wildman–Crippen LogP) is 3.50. The predicted molar refractivity (Wildman–Crippen MR) is 79.1 cm³/mol. The number of halogens is 1. The van der Waals surface area contributed by atoms with Gasteiger partial charge in [0.15, 0.2) is 0 Å². The molecule has 0 aliphatic heterocycles. The van der Waals surface area contributed by atoms with Gasteiger partial charge in [0.2, 0.25) is 0 Å². The molecule has 1 saturated carbocycles. The molecule has 1 aliphatic rings. The quantitative estimate of drug-likeness (QED) is 0.655. The first kappa shape index (κ1) is 17.2. The summed E-state index contributed by atoms with van der Waals surface area (Å²) in [5.74, 6) is 0. The van der Waals surface area contributed by atoms with Gasteiger partial charge in [-0.2, -0.15) is 0 Å². The highest BCUT2D eigenvalue weighted by Crippen LogP contribution is 2.18. The van der Waals surface area contributed by atoms with Crippen LogP contribution in [0, 0.1) is 0 Å². The second-order valence-corrected chi connectivity index (χ2v) is 5.11. The number of nitrogens with one attached hydrogen (secondary N) is 2. The van der Waals surface area contributed by atoms with Crippen LogP contribution in [0.1, 0.15) is 65.2 Å². The fourth-order valence-corrected chi connectivity index (χ4v) is 2.55. The third kappa shape index (κ3) is 7.28. The summed E-state index contributed by atoms with van der Waals surface area (Å²) >= 11 is 0. The smallest absolute Gasteiger partial charge is 0.0221 e. The van der Waals surface area contributed by atoms with Crippen molar-refractivity contribution in [2.24, 2.45) is 0 Å². The van der Waals surface area contributed by atoms with Crippen LogP contribution in [0.5, 0.6) is 0 Å². The number of hydrogen-bond acceptors (Lipinski definition) is 2. The number of rotatable bonds is 8. The normalized spacial score (nSPS) is 24.4. The van der Waals surface area contributed by atoms with Crippen LogP contribution in [0.4, 0.5) is 0 Å². The van der Waals surface area contributed by atoms with Gasteiger partial charge in [-0.15, -0.1) is 12.4 Å². The van der Waals surface area contributed by atoms with Crippen LogP contribution in [0.3, 0.4) is 0 Å². The molecule has 3 heteroatoms. The summed E-state index contributed by atoms with van der Waals surface area (Å²) in [6, 6.07) is 1.47. The van der Waals surface area contributed by atoms with E-state index in [-0.39, 0.29) is 12.4 Å². The van der Waals surface area contributed by atoms with Crippen molar-refractivity contribution in [1.29, 1.82) is 0 Å². The lowest BCUT2D eigenvalue weighted by molar-refractivity contribution is 0.282. The molecule has 2 atom stereocenters. The molecule has 0 amide bonds. The zero-order chi connectivity index (χ0) is 11.6. The maximum absolute atomic E-state index is 3.74. The molecule has 1 fully saturated rings. The zero-order valence-corrected chi connectivity index (χ0v) is 12.5. The topological polar surface area (TPSA) is 24.1 Å². The molecular weight excluding hydrogens is 232 g/mol. The van der Waals surface area contributed by atoms with Gasteiger partial charge in [-0.25, -0.2) is 0 Å². The summed E-state index contributed by atoms with van der Waals surface area (Å²) in [4.78, 5) is 0. The van der Waals surface area contributed by atoms with Crippen molar-refractivity contribution in [2.45, 2.75) is 77.3 Å². The van der Waals surface area contributed by atoms with Crippen LogP contribution in [0.2, 0.25) is 0 Å². The third-order valence-electron chi connectivity index (χ3n) is 3.64. The van der Waals surface area contributed by atoms with E-state index in [9.17, 15) is 0 Å². The summed E-state index contributed by atoms with van der Waals surface area (Å²) < 4.78 is 0. The minimum absolute atomic E-state index is 0. The standard InChI is InChI=1S/C14H30N2.ClH/c1-3-5-11-15-13-9-7-8-10-14(13)16-12-6-4-2;/h13-16H,3-12H2,1-2H3;1H. The minimum Gasteiger partial charge on any atom is -0.312 e. The number of unbranched alkanes of at least 4 members (excludes halogenated alkanes) is 2. The van der Waals surface area contributed by atoms with E-state index in [0.29, 0.717) is 0 Å². The van der Waals surface area contributed by atoms with Crippen molar-refractivity contribution >= 4 is 12.4 Å². The average Bonchev–Trinajstić information content (AvgIpc) is 2.32. The van der Waals surface area contributed by atoms with E-state index < -0.39 is 0 Å². The molecule has 0 aromatic carbocycles. The van der Waals surface area contributed by atoms with Crippen molar-refractivity contribution in [2.75, 3.05) is 13.1 Å². The second-order valence-electron chi connectivity index (χ2n) is 5.11. The first-order valence-electron chi connectivity index (χ1n) is 7.35. The van der Waals surface area contributed by atoms with Gasteiger partial charge in [0, 0.05) is 12.1 Å². The van der Waals surface area contributed by atoms with Gasteiger partial charge in [-0.1, -0.05) is 39.5 Å². The Labute approximate surface area is 114 Å². The maximum atomic E-state index is 3.74. The SMILES string of the molecule is CCCCNC1CCCCC1NCCCC.Cl. The molecular formula is C14H31ClN2. The molecule has 17 heavy (non-hydrogen) atoms. The Kier molecular flexibility index (Phi) is 11.4. The van der Waals surface area contributed by atoms with Crippen molar-refractivity contribution < 1.29 is 0 Å². The Morgan fingerprint density at radius 2 is 1.24 bits per heavy atom. The highest BCUT2D eigenvalue weighted by molar-refractivity contribution is 5.85. The third-order valence-corrected chi connectivity index (χ3v) is 3.64. The summed E-state index contributed by atoms with van der Waals surface area (Å²) in [5.41, 5.74) is 0. The first-order chi connectivity index (χ1) is 7.88. The van der Waals surface area contributed by atoms with Gasteiger partial charge >= 0.3 is 0 Å². The van der Waals surface area contributed by atoms with Gasteiger partial charge in [-0.3, -0.25) is 0 Å². The highest BCUT2D eigenvalue weighted by Gasteiger charge is 2.23. The van der Waals surface area contributed by atoms with Crippen LogP contribution >= 0.6 is 12.4 Å². The molecule has 2 N–H and O–H groups in total. The lowest BCUT2D eigenvalue weighted by atomic mass is 9.90. The monoisotopic (exact) mass is 262 g/mol. The van der Waals surface area contributed by atoms with Crippen LogP contribution in [0.25, 0.3) is 0 Å². The summed E-state index contributed by atoms with van der Waals surface area (Å²) in [5, 5.41) is 7.47. The Balaban J connectivity index is 0.00000256. The molecule has 0 radical (unpaired) electrons. The molecule has 104 valence electrons. The van der Waals surface area contributed by atoms with E-state index in [1.54, 1.807) is 0 Å². The zero-order valence-electron chi connectivity index (χ0n) is 11.6. The van der Waals surface area contributed by atoms with Crippen LogP contribution in [-0.2, 0) is 0 Å². The Bertz CT molecular complexity index is 146. The summed E-state index contributed by atoms with van der Waals surface area (Å²) in [6.07, 6.45) is 10.8. The average molecular weight is 263 g/mol. The van der Waals surface area contributed by atoms with Crippen LogP contribution in [0.15, 0.2) is 0 Å². The summed E-state index contributed by atoms with van der Waals surface area (Å²) in [7, 11) is 0. The van der Waals surface area contributed by atoms with Crippen molar-refractivity contribution in [3.8, 4) is 0 Å². The van der Waals surface area contributed by atoms with Gasteiger partial charge < -0.3 is 10.6 Å². The van der Waals surface area contributed by atoms with E-state index in [4.69, 9.17) is 0 Å². The molecule has 0 spiro atoms. The van der Waals surface area contributed by atoms with Crippen molar-refractivity contribution in [1.82, 2.24) is 10.6 Å². The van der Waals surface area contributed by atoms with Gasteiger partial charge in [-0.05, 0) is 38.8 Å². The Morgan fingerprint density at radius 3 is 1.59 bits per heavy atom. The second kappa shape index (κ2) is 11.3. The molecule has 1 rings (SSSR count). The van der Waals surface area contributed by atoms with E-state index in [0.717, 1.165) is 12.1 Å². The Morgan fingerprint density at radius 1 is 0.824 bits per heavy atom. The van der Waals surface area contributed by atoms with Gasteiger partial charge in [0.25, 0.3) is 0 Å². The van der Waals surface area contributed by atoms with E-state index in [1.807, 2.05) is 0 Å². The van der Waals surface area contributed by atoms with Crippen LogP contribution < -0.4 is 10.6 Å². The van der Waals surface area contributed by atoms with E-state index >= 15 is 0 Å². The Hall–Kier alpha value is 0.210. The molecule has 0 heterocycles.